The lowest BCUT2D eigenvalue weighted by Crippen LogP contribution is -2.13. The van der Waals surface area contributed by atoms with Gasteiger partial charge < -0.3 is 14.2 Å². The molecule has 0 saturated heterocycles. The summed E-state index contributed by atoms with van der Waals surface area (Å²) in [5.41, 5.74) is 14.9. The maximum atomic E-state index is 7.30. The number of rotatable bonds is 9. The Hall–Kier alpha value is -8.14. The van der Waals surface area contributed by atoms with Crippen molar-refractivity contribution in [1.82, 2.24) is 0 Å². The molecule has 11 aromatic rings. The molecule has 0 saturated carbocycles. The summed E-state index contributed by atoms with van der Waals surface area (Å²) in [5.74, 6) is 0. The summed E-state index contributed by atoms with van der Waals surface area (Å²) in [6.45, 7) is 0. The lowest BCUT2D eigenvalue weighted by atomic mass is 9.93. The van der Waals surface area contributed by atoms with E-state index in [0.29, 0.717) is 0 Å². The lowest BCUT2D eigenvalue weighted by molar-refractivity contribution is 0.673. The average Bonchev–Trinajstić information content (AvgIpc) is 3.75. The van der Waals surface area contributed by atoms with Gasteiger partial charge in [-0.05, 0) is 105 Å². The molecule has 0 bridgehead atoms. The molecule has 1 aromatic heterocycles. The number of hydrogen-bond donors (Lipinski definition) is 0. The van der Waals surface area contributed by atoms with E-state index in [-0.39, 0.29) is 0 Å². The van der Waals surface area contributed by atoms with Crippen LogP contribution in [0.5, 0.6) is 0 Å². The topological polar surface area (TPSA) is 19.6 Å². The van der Waals surface area contributed by atoms with Crippen LogP contribution >= 0.6 is 0 Å². The first-order valence-corrected chi connectivity index (χ1v) is 20.8. The minimum atomic E-state index is 0.808. The second-order valence-corrected chi connectivity index (χ2v) is 15.3. The summed E-state index contributed by atoms with van der Waals surface area (Å²) >= 11 is 0. The van der Waals surface area contributed by atoms with Gasteiger partial charge in [-0.25, -0.2) is 0 Å². The SMILES string of the molecule is c1ccc(-c2ccc(N(c3ccccc3)c3ccc(N(c4ccccc4)c4ccc(-c5ccccc5)c(-c5ccccc5)c4)c4oc5c6ccccc6ccc5c34)cc2)cc1. The molecular formula is C58H40N2O. The molecule has 0 aliphatic heterocycles. The van der Waals surface area contributed by atoms with Gasteiger partial charge in [0.05, 0.1) is 16.8 Å². The highest BCUT2D eigenvalue weighted by molar-refractivity contribution is 6.22. The zero-order valence-electron chi connectivity index (χ0n) is 33.4. The van der Waals surface area contributed by atoms with Crippen LogP contribution in [0.3, 0.4) is 0 Å². The van der Waals surface area contributed by atoms with Crippen LogP contribution in [0, 0.1) is 0 Å². The summed E-state index contributed by atoms with van der Waals surface area (Å²) in [6, 6.07) is 86.3. The number of hydrogen-bond acceptors (Lipinski definition) is 3. The molecule has 10 aromatic carbocycles. The Kier molecular flexibility index (Phi) is 9.18. The van der Waals surface area contributed by atoms with Crippen LogP contribution in [0.15, 0.2) is 247 Å². The Morgan fingerprint density at radius 1 is 0.279 bits per heavy atom. The van der Waals surface area contributed by atoms with Crippen molar-refractivity contribution in [3.05, 3.63) is 243 Å². The van der Waals surface area contributed by atoms with Crippen LogP contribution in [0.1, 0.15) is 0 Å². The molecule has 3 nitrogen and oxygen atoms in total. The zero-order valence-corrected chi connectivity index (χ0v) is 33.4. The number of benzene rings is 10. The predicted molar refractivity (Wildman–Crippen MR) is 257 cm³/mol. The molecule has 288 valence electrons. The maximum absolute atomic E-state index is 7.30. The highest BCUT2D eigenvalue weighted by Gasteiger charge is 2.26. The highest BCUT2D eigenvalue weighted by Crippen LogP contribution is 2.50. The first kappa shape index (κ1) is 36.0. The van der Waals surface area contributed by atoms with Crippen molar-refractivity contribution < 1.29 is 4.42 Å². The zero-order chi connectivity index (χ0) is 40.5. The Morgan fingerprint density at radius 2 is 0.754 bits per heavy atom. The molecule has 1 heterocycles. The van der Waals surface area contributed by atoms with Gasteiger partial charge in [0.1, 0.15) is 5.58 Å². The number of fused-ring (bicyclic) bond motifs is 5. The molecule has 0 amide bonds. The Balaban J connectivity index is 1.18. The van der Waals surface area contributed by atoms with E-state index in [2.05, 4.69) is 252 Å². The fourth-order valence-electron chi connectivity index (χ4n) is 8.78. The molecule has 61 heavy (non-hydrogen) atoms. The Morgan fingerprint density at radius 3 is 1.39 bits per heavy atom. The van der Waals surface area contributed by atoms with Crippen LogP contribution in [0.25, 0.3) is 66.1 Å². The third kappa shape index (κ3) is 6.59. The van der Waals surface area contributed by atoms with Crippen molar-refractivity contribution in [2.24, 2.45) is 0 Å². The molecule has 0 spiro atoms. The molecule has 0 fully saturated rings. The van der Waals surface area contributed by atoms with E-state index in [0.717, 1.165) is 78.0 Å². The van der Waals surface area contributed by atoms with Crippen LogP contribution in [-0.4, -0.2) is 0 Å². The van der Waals surface area contributed by atoms with E-state index in [1.165, 1.54) is 22.3 Å². The summed E-state index contributed by atoms with van der Waals surface area (Å²) < 4.78 is 7.30. The van der Waals surface area contributed by atoms with Gasteiger partial charge in [0.15, 0.2) is 5.58 Å². The first-order valence-electron chi connectivity index (χ1n) is 20.8. The third-order valence-corrected chi connectivity index (χ3v) is 11.6. The van der Waals surface area contributed by atoms with Crippen LogP contribution < -0.4 is 9.80 Å². The monoisotopic (exact) mass is 780 g/mol. The minimum absolute atomic E-state index is 0.808. The number of anilines is 6. The minimum Gasteiger partial charge on any atom is -0.453 e. The molecule has 0 radical (unpaired) electrons. The lowest BCUT2D eigenvalue weighted by Gasteiger charge is -2.29. The van der Waals surface area contributed by atoms with Gasteiger partial charge >= 0.3 is 0 Å². The van der Waals surface area contributed by atoms with Crippen LogP contribution in [0.2, 0.25) is 0 Å². The standard InChI is InChI=1S/C58H40N2O/c1-6-18-41(19-7-1)42-30-33-48(34-31-42)59(46-25-12-4-13-26-46)54-38-39-55(58-56(54)52-36-32-45-24-16-17-29-51(45)57(52)61-58)60(47-27-14-5-15-28-47)49-35-37-50(43-20-8-2-9-21-43)53(40-49)44-22-10-3-11-23-44/h1-40H. The maximum Gasteiger partial charge on any atom is 0.161 e. The van der Waals surface area contributed by atoms with Crippen molar-refractivity contribution in [3.63, 3.8) is 0 Å². The average molecular weight is 781 g/mol. The summed E-state index contributed by atoms with van der Waals surface area (Å²) in [7, 11) is 0. The van der Waals surface area contributed by atoms with E-state index in [9.17, 15) is 0 Å². The fraction of sp³-hybridized carbons (Fsp3) is 0. The number of furan rings is 1. The second kappa shape index (κ2) is 15.6. The normalized spacial score (nSPS) is 11.3. The van der Waals surface area contributed by atoms with E-state index < -0.39 is 0 Å². The van der Waals surface area contributed by atoms with Gasteiger partial charge in [-0.1, -0.05) is 176 Å². The van der Waals surface area contributed by atoms with Gasteiger partial charge in [0.25, 0.3) is 0 Å². The van der Waals surface area contributed by atoms with Crippen molar-refractivity contribution >= 4 is 66.8 Å². The molecule has 11 rings (SSSR count). The van der Waals surface area contributed by atoms with Gasteiger partial charge in [-0.2, -0.15) is 0 Å². The smallest absolute Gasteiger partial charge is 0.161 e. The van der Waals surface area contributed by atoms with Crippen LogP contribution in [0.4, 0.5) is 34.1 Å². The summed E-state index contributed by atoms with van der Waals surface area (Å²) in [5, 5.41) is 4.32. The highest BCUT2D eigenvalue weighted by atomic mass is 16.3. The number of nitrogens with zero attached hydrogens (tertiary/aromatic N) is 2. The van der Waals surface area contributed by atoms with Crippen molar-refractivity contribution in [2.75, 3.05) is 9.80 Å². The van der Waals surface area contributed by atoms with E-state index in [1.807, 2.05) is 0 Å². The van der Waals surface area contributed by atoms with Crippen molar-refractivity contribution in [2.45, 2.75) is 0 Å². The predicted octanol–water partition coefficient (Wildman–Crippen LogP) is 16.7. The quantitative estimate of drug-likeness (QED) is 0.145. The fourth-order valence-corrected chi connectivity index (χ4v) is 8.78. The molecule has 0 N–H and O–H groups in total. The third-order valence-electron chi connectivity index (χ3n) is 11.6. The van der Waals surface area contributed by atoms with E-state index in [4.69, 9.17) is 4.42 Å². The molecule has 0 unspecified atom stereocenters. The second-order valence-electron chi connectivity index (χ2n) is 15.3. The molecule has 0 atom stereocenters. The van der Waals surface area contributed by atoms with E-state index in [1.54, 1.807) is 0 Å². The first-order chi connectivity index (χ1) is 30.3. The molecule has 0 aliphatic carbocycles. The van der Waals surface area contributed by atoms with E-state index >= 15 is 0 Å². The van der Waals surface area contributed by atoms with Crippen LogP contribution in [-0.2, 0) is 0 Å². The van der Waals surface area contributed by atoms with Gasteiger partial charge in [-0.3, -0.25) is 0 Å². The molecular weight excluding hydrogens is 741 g/mol. The Bertz CT molecular complexity index is 3270. The van der Waals surface area contributed by atoms with Gasteiger partial charge in [0.2, 0.25) is 0 Å². The summed E-state index contributed by atoms with van der Waals surface area (Å²) in [6.07, 6.45) is 0. The summed E-state index contributed by atoms with van der Waals surface area (Å²) in [4.78, 5) is 4.71. The van der Waals surface area contributed by atoms with Crippen molar-refractivity contribution in [1.29, 1.82) is 0 Å². The van der Waals surface area contributed by atoms with Crippen molar-refractivity contribution in [3.8, 4) is 33.4 Å². The molecule has 3 heteroatoms. The largest absolute Gasteiger partial charge is 0.453 e. The number of para-hydroxylation sites is 2. The van der Waals surface area contributed by atoms with Gasteiger partial charge in [0, 0.05) is 33.5 Å². The Labute approximate surface area is 355 Å². The van der Waals surface area contributed by atoms with Gasteiger partial charge in [-0.15, -0.1) is 0 Å². The molecule has 0 aliphatic rings.